The van der Waals surface area contributed by atoms with Gasteiger partial charge in [0.1, 0.15) is 0 Å². The second-order valence-electron chi connectivity index (χ2n) is 8.59. The van der Waals surface area contributed by atoms with Gasteiger partial charge in [-0.2, -0.15) is 0 Å². The van der Waals surface area contributed by atoms with E-state index in [0.29, 0.717) is 11.8 Å². The maximum Gasteiger partial charge on any atom is 0.0553 e. The normalized spacial score (nSPS) is 11.4. The van der Waals surface area contributed by atoms with Crippen molar-refractivity contribution in [3.63, 3.8) is 0 Å². The van der Waals surface area contributed by atoms with Gasteiger partial charge in [-0.3, -0.25) is 15.0 Å². The van der Waals surface area contributed by atoms with Gasteiger partial charge >= 0.3 is 0 Å². The molecular weight excluding hydrogens is 368 g/mol. The van der Waals surface area contributed by atoms with Gasteiger partial charge in [-0.25, -0.2) is 0 Å². The highest BCUT2D eigenvalue weighted by atomic mass is 15.1. The predicted molar refractivity (Wildman–Crippen MR) is 127 cm³/mol. The van der Waals surface area contributed by atoms with Crippen LogP contribution >= 0.6 is 0 Å². The van der Waals surface area contributed by atoms with Crippen LogP contribution in [0.2, 0.25) is 0 Å². The molecule has 0 aliphatic carbocycles. The first-order valence-electron chi connectivity index (χ1n) is 10.6. The van der Waals surface area contributed by atoms with Gasteiger partial charge < -0.3 is 4.90 Å². The van der Waals surface area contributed by atoms with Crippen molar-refractivity contribution in [1.82, 2.24) is 19.9 Å². The molecule has 0 saturated heterocycles. The first-order valence-corrected chi connectivity index (χ1v) is 10.6. The zero-order chi connectivity index (χ0) is 21.7. The molecule has 3 aromatic heterocycles. The Bertz CT molecular complexity index is 1110. The van der Waals surface area contributed by atoms with E-state index in [1.165, 1.54) is 27.1 Å². The number of hydrogen-bond acceptors (Lipinski definition) is 4. The smallest absolute Gasteiger partial charge is 0.0553 e. The Hall–Kier alpha value is -2.85. The molecule has 0 spiro atoms. The van der Waals surface area contributed by atoms with E-state index in [-0.39, 0.29) is 0 Å². The summed E-state index contributed by atoms with van der Waals surface area (Å²) >= 11 is 0. The van der Waals surface area contributed by atoms with E-state index in [1.54, 1.807) is 0 Å². The molecule has 3 heterocycles. The first-order chi connectivity index (χ1) is 14.4. The van der Waals surface area contributed by atoms with Crippen LogP contribution < -0.4 is 0 Å². The van der Waals surface area contributed by atoms with Crippen LogP contribution in [-0.4, -0.2) is 33.9 Å². The molecular formula is C26H32N4. The topological polar surface area (TPSA) is 41.9 Å². The Morgan fingerprint density at radius 3 is 2.10 bits per heavy atom. The van der Waals surface area contributed by atoms with Gasteiger partial charge in [0.2, 0.25) is 0 Å². The molecule has 0 N–H and O–H groups in total. The van der Waals surface area contributed by atoms with Crippen LogP contribution in [0.3, 0.4) is 0 Å². The second kappa shape index (κ2) is 9.77. The maximum atomic E-state index is 4.76. The van der Waals surface area contributed by atoms with Crippen molar-refractivity contribution in [2.45, 2.75) is 46.1 Å². The molecule has 4 nitrogen and oxygen atoms in total. The van der Waals surface area contributed by atoms with Gasteiger partial charge in [0.15, 0.2) is 0 Å². The van der Waals surface area contributed by atoms with Crippen LogP contribution in [0.1, 0.15) is 56.5 Å². The third-order valence-electron chi connectivity index (χ3n) is 5.08. The molecule has 4 heteroatoms. The van der Waals surface area contributed by atoms with Gasteiger partial charge in [-0.15, -0.1) is 0 Å². The third-order valence-corrected chi connectivity index (χ3v) is 5.08. The molecule has 4 rings (SSSR count). The molecule has 156 valence electrons. The summed E-state index contributed by atoms with van der Waals surface area (Å²) in [7, 11) is 4.13. The van der Waals surface area contributed by atoms with Gasteiger partial charge in [0.05, 0.1) is 11.4 Å². The lowest BCUT2D eigenvalue weighted by atomic mass is 9.98. The molecule has 0 fully saturated rings. The summed E-state index contributed by atoms with van der Waals surface area (Å²) in [5.41, 5.74) is 3.65. The van der Waals surface area contributed by atoms with Crippen LogP contribution in [0.25, 0.3) is 21.5 Å². The standard InChI is InChI=1S/C14H19N3.C12H13N/c1-10(2)14-13-8-15-6-5-11(13)7-12(16-14)9-17(3)4;1-9(2)11-5-3-4-10-6-7-13-8-12(10)11/h5-8,10H,9H2,1-4H3;3-9H,1-2H3. The van der Waals surface area contributed by atoms with Gasteiger partial charge in [-0.05, 0) is 60.5 Å². The van der Waals surface area contributed by atoms with Gasteiger partial charge in [0.25, 0.3) is 0 Å². The number of aromatic nitrogens is 3. The molecule has 0 radical (unpaired) electrons. The van der Waals surface area contributed by atoms with E-state index in [0.717, 1.165) is 17.9 Å². The number of hydrogen-bond donors (Lipinski definition) is 0. The molecule has 0 aliphatic heterocycles. The largest absolute Gasteiger partial charge is 0.304 e. The summed E-state index contributed by atoms with van der Waals surface area (Å²) in [6.07, 6.45) is 7.54. The van der Waals surface area contributed by atoms with Crippen molar-refractivity contribution in [2.24, 2.45) is 0 Å². The van der Waals surface area contributed by atoms with Crippen molar-refractivity contribution in [1.29, 1.82) is 0 Å². The van der Waals surface area contributed by atoms with Crippen LogP contribution in [0.5, 0.6) is 0 Å². The fourth-order valence-corrected chi connectivity index (χ4v) is 3.66. The van der Waals surface area contributed by atoms with E-state index in [9.17, 15) is 0 Å². The average Bonchev–Trinajstić information content (AvgIpc) is 2.72. The quantitative estimate of drug-likeness (QED) is 0.411. The van der Waals surface area contributed by atoms with E-state index in [1.807, 2.05) is 24.8 Å². The summed E-state index contributed by atoms with van der Waals surface area (Å²) in [4.78, 5) is 15.2. The van der Waals surface area contributed by atoms with E-state index in [4.69, 9.17) is 4.98 Å². The van der Waals surface area contributed by atoms with E-state index in [2.05, 4.69) is 93.1 Å². The maximum absolute atomic E-state index is 4.76. The fourth-order valence-electron chi connectivity index (χ4n) is 3.66. The fraction of sp³-hybridized carbons (Fsp3) is 0.346. The first kappa shape index (κ1) is 21.8. The molecule has 1 aromatic carbocycles. The lowest BCUT2D eigenvalue weighted by Gasteiger charge is -2.14. The summed E-state index contributed by atoms with van der Waals surface area (Å²) < 4.78 is 0. The highest BCUT2D eigenvalue weighted by Crippen LogP contribution is 2.25. The summed E-state index contributed by atoms with van der Waals surface area (Å²) in [6.45, 7) is 9.64. The highest BCUT2D eigenvalue weighted by Gasteiger charge is 2.10. The van der Waals surface area contributed by atoms with Crippen molar-refractivity contribution in [3.05, 3.63) is 78.1 Å². The van der Waals surface area contributed by atoms with Crippen molar-refractivity contribution < 1.29 is 0 Å². The van der Waals surface area contributed by atoms with E-state index >= 15 is 0 Å². The van der Waals surface area contributed by atoms with Crippen LogP contribution in [0.15, 0.2) is 61.2 Å². The van der Waals surface area contributed by atoms with Crippen molar-refractivity contribution in [2.75, 3.05) is 14.1 Å². The number of fused-ring (bicyclic) bond motifs is 2. The summed E-state index contributed by atoms with van der Waals surface area (Å²) in [6, 6.07) is 12.7. The molecule has 0 saturated carbocycles. The molecule has 0 bridgehead atoms. The lowest BCUT2D eigenvalue weighted by Crippen LogP contribution is -2.13. The Balaban J connectivity index is 0.000000177. The van der Waals surface area contributed by atoms with Crippen LogP contribution in [0.4, 0.5) is 0 Å². The minimum atomic E-state index is 0.420. The number of rotatable bonds is 4. The third kappa shape index (κ3) is 5.19. The molecule has 0 unspecified atom stereocenters. The zero-order valence-corrected chi connectivity index (χ0v) is 18.9. The molecule has 4 aromatic rings. The van der Waals surface area contributed by atoms with Crippen LogP contribution in [-0.2, 0) is 6.54 Å². The van der Waals surface area contributed by atoms with E-state index < -0.39 is 0 Å². The van der Waals surface area contributed by atoms with Gasteiger partial charge in [-0.1, -0.05) is 45.9 Å². The van der Waals surface area contributed by atoms with Crippen LogP contribution in [0, 0.1) is 0 Å². The van der Waals surface area contributed by atoms with Crippen molar-refractivity contribution in [3.8, 4) is 0 Å². The van der Waals surface area contributed by atoms with Gasteiger partial charge in [0, 0.05) is 42.1 Å². The Morgan fingerprint density at radius 1 is 0.800 bits per heavy atom. The number of nitrogens with zero attached hydrogens (tertiary/aromatic N) is 4. The molecule has 30 heavy (non-hydrogen) atoms. The number of benzene rings is 1. The summed E-state index contributed by atoms with van der Waals surface area (Å²) in [5.74, 6) is 0.983. The molecule has 0 amide bonds. The molecule has 0 aliphatic rings. The predicted octanol–water partition coefficient (Wildman–Crippen LogP) is 6.17. The Kier molecular flexibility index (Phi) is 7.11. The molecule has 0 atom stereocenters. The summed E-state index contributed by atoms with van der Waals surface area (Å²) in [5, 5.41) is 4.96. The lowest BCUT2D eigenvalue weighted by molar-refractivity contribution is 0.396. The minimum Gasteiger partial charge on any atom is -0.304 e. The zero-order valence-electron chi connectivity index (χ0n) is 18.9. The Morgan fingerprint density at radius 2 is 1.47 bits per heavy atom. The highest BCUT2D eigenvalue weighted by molar-refractivity contribution is 5.85. The Labute approximate surface area is 180 Å². The SMILES string of the molecule is CC(C)c1cccc2ccncc12.CC(C)c1nc(CN(C)C)cc2ccncc12. The second-order valence-corrected chi connectivity index (χ2v) is 8.59. The number of pyridine rings is 3. The van der Waals surface area contributed by atoms with Crippen molar-refractivity contribution >= 4 is 21.5 Å². The average molecular weight is 401 g/mol. The monoisotopic (exact) mass is 400 g/mol. The minimum absolute atomic E-state index is 0.420.